The SMILES string of the molecule is [2H]c1c([2H])c(-c2c3c([2H])c([2H])c([2H])c([2H])c3c(-c3c([2H])c([2H])c([2H])c4oc5c6c([2H])c([2H])c([2H])c([2H])c6c([2H])c([2H])c5c34)c3c([2H])c([2H])c([2H])c([2H])c23)c([2H])c([2H])c1-c1c([2H])c([2H])c2c([2H])c([2H])c([2H])c([2H])c2c1[2H]. The first-order chi connectivity index (χ1) is 35.0. The summed E-state index contributed by atoms with van der Waals surface area (Å²) in [6.07, 6.45) is 0. The Bertz CT molecular complexity index is 4330. The molecule has 0 aliphatic carbocycles. The van der Waals surface area contributed by atoms with Crippen LogP contribution in [0.25, 0.3) is 98.4 Å². The van der Waals surface area contributed by atoms with E-state index in [0.29, 0.717) is 0 Å². The molecule has 218 valence electrons. The lowest BCUT2D eigenvalue weighted by Gasteiger charge is -2.18. The molecule has 0 atom stereocenters. The molecular formula is C46H28O. The highest BCUT2D eigenvalue weighted by Crippen LogP contribution is 2.47. The molecule has 0 spiro atoms. The molecule has 1 heteroatoms. The predicted octanol–water partition coefficient (Wildman–Crippen LogP) is 13.2. The second-order valence-electron chi connectivity index (χ2n) is 10.3. The van der Waals surface area contributed by atoms with Gasteiger partial charge >= 0.3 is 0 Å². The first-order valence-electron chi connectivity index (χ1n) is 27.9. The Hall–Kier alpha value is -6.18. The van der Waals surface area contributed by atoms with Crippen molar-refractivity contribution < 1.29 is 42.8 Å². The van der Waals surface area contributed by atoms with E-state index < -0.39 is 268 Å². The minimum absolute atomic E-state index is 0.459. The third-order valence-electron chi connectivity index (χ3n) is 7.75. The molecular weight excluding hydrogens is 569 g/mol. The average molecular weight is 625 g/mol. The standard InChI is InChI=1S/C46H28O/c1-2-12-33-28-34(25-22-29(33)10-1)30-20-23-32(24-21-30)43-36-14-5-7-16-38(36)44(39-17-8-6-15-37(39)43)40-18-9-19-42-45(40)41-27-26-31-11-3-4-13-35(31)46(41)47-42/h1-28H/i1D,2D,3D,4D,5D,6D,7D,8D,9D,10D,11D,12D,13D,14D,15D,16D,17D,18D,19D,20D,21D,22D,23D,24D,25D,26D,27D,28D. The zero-order chi connectivity index (χ0) is 55.3. The minimum Gasteiger partial charge on any atom is -0.455 e. The van der Waals surface area contributed by atoms with Crippen molar-refractivity contribution in [3.8, 4) is 33.4 Å². The summed E-state index contributed by atoms with van der Waals surface area (Å²) in [7, 11) is 0. The van der Waals surface area contributed by atoms with Gasteiger partial charge in [-0.15, -0.1) is 0 Å². The highest BCUT2D eigenvalue weighted by Gasteiger charge is 2.20. The highest BCUT2D eigenvalue weighted by molar-refractivity contribution is 6.27. The van der Waals surface area contributed by atoms with Crippen LogP contribution < -0.4 is 0 Å². The molecule has 0 saturated carbocycles. The van der Waals surface area contributed by atoms with E-state index in [1.165, 1.54) is 0 Å². The van der Waals surface area contributed by atoms with Crippen LogP contribution in [0.4, 0.5) is 0 Å². The van der Waals surface area contributed by atoms with Crippen molar-refractivity contribution >= 4 is 65.0 Å². The van der Waals surface area contributed by atoms with Gasteiger partial charge in [-0.1, -0.05) is 151 Å². The zero-order valence-corrected chi connectivity index (χ0v) is 23.4. The normalized spacial score (nSPS) is 20.2. The van der Waals surface area contributed by atoms with Crippen molar-refractivity contribution in [2.45, 2.75) is 0 Å². The van der Waals surface area contributed by atoms with Gasteiger partial charge in [-0.3, -0.25) is 0 Å². The molecule has 0 unspecified atom stereocenters. The van der Waals surface area contributed by atoms with E-state index in [-0.39, 0.29) is 0 Å². The predicted molar refractivity (Wildman–Crippen MR) is 200 cm³/mol. The van der Waals surface area contributed by atoms with Gasteiger partial charge in [-0.25, -0.2) is 0 Å². The largest absolute Gasteiger partial charge is 0.455 e. The topological polar surface area (TPSA) is 13.1 Å². The number of fused-ring (bicyclic) bond motifs is 8. The molecule has 0 fully saturated rings. The summed E-state index contributed by atoms with van der Waals surface area (Å²) in [5.74, 6) is 0. The van der Waals surface area contributed by atoms with Crippen molar-refractivity contribution in [1.29, 1.82) is 0 Å². The van der Waals surface area contributed by atoms with Gasteiger partial charge in [0.25, 0.3) is 0 Å². The van der Waals surface area contributed by atoms with Crippen molar-refractivity contribution in [3.05, 3.63) is 169 Å². The number of rotatable bonds is 3. The van der Waals surface area contributed by atoms with Crippen LogP contribution in [-0.4, -0.2) is 0 Å². The maximum Gasteiger partial charge on any atom is 0.143 e. The van der Waals surface area contributed by atoms with E-state index in [0.717, 1.165) is 0 Å². The highest BCUT2D eigenvalue weighted by atomic mass is 16.3. The van der Waals surface area contributed by atoms with Crippen LogP contribution >= 0.6 is 0 Å². The van der Waals surface area contributed by atoms with Crippen molar-refractivity contribution in [2.24, 2.45) is 0 Å². The Morgan fingerprint density at radius 2 is 0.915 bits per heavy atom. The van der Waals surface area contributed by atoms with E-state index in [9.17, 15) is 13.7 Å². The van der Waals surface area contributed by atoms with Crippen molar-refractivity contribution in [1.82, 2.24) is 0 Å². The van der Waals surface area contributed by atoms with Crippen LogP contribution in [0.5, 0.6) is 0 Å². The van der Waals surface area contributed by atoms with Gasteiger partial charge in [0.2, 0.25) is 0 Å². The fourth-order valence-electron chi connectivity index (χ4n) is 5.75. The molecule has 0 amide bonds. The zero-order valence-electron chi connectivity index (χ0n) is 51.4. The van der Waals surface area contributed by atoms with Crippen LogP contribution in [0, 0.1) is 0 Å². The van der Waals surface area contributed by atoms with Gasteiger partial charge in [-0.2, -0.15) is 0 Å². The van der Waals surface area contributed by atoms with Gasteiger partial charge in [-0.05, 0) is 89.2 Å². The van der Waals surface area contributed by atoms with E-state index >= 15 is 0 Å². The Balaban J connectivity index is 1.48. The number of furan rings is 1. The molecule has 0 aliphatic heterocycles. The monoisotopic (exact) mass is 624 g/mol. The van der Waals surface area contributed by atoms with Gasteiger partial charge in [0.15, 0.2) is 0 Å². The lowest BCUT2D eigenvalue weighted by molar-refractivity contribution is 0.673. The van der Waals surface area contributed by atoms with E-state index in [1.807, 2.05) is 0 Å². The minimum atomic E-state index is -1.10. The van der Waals surface area contributed by atoms with E-state index in [1.54, 1.807) is 0 Å². The lowest BCUT2D eigenvalue weighted by atomic mass is 9.84. The van der Waals surface area contributed by atoms with E-state index in [2.05, 4.69) is 0 Å². The Morgan fingerprint density at radius 1 is 0.362 bits per heavy atom. The molecule has 9 aromatic carbocycles. The fourth-order valence-corrected chi connectivity index (χ4v) is 5.75. The van der Waals surface area contributed by atoms with Gasteiger partial charge in [0.05, 0.1) is 38.4 Å². The maximum absolute atomic E-state index is 9.55. The quantitative estimate of drug-likeness (QED) is 0.178. The van der Waals surface area contributed by atoms with Crippen molar-refractivity contribution in [2.75, 3.05) is 0 Å². The first-order valence-corrected chi connectivity index (χ1v) is 13.9. The number of hydrogen-bond acceptors (Lipinski definition) is 1. The molecule has 0 bridgehead atoms. The summed E-state index contributed by atoms with van der Waals surface area (Å²) >= 11 is 0. The molecule has 1 nitrogen and oxygen atoms in total. The Kier molecular flexibility index (Phi) is 2.31. The summed E-state index contributed by atoms with van der Waals surface area (Å²) in [5, 5.41) is -6.09. The third kappa shape index (κ3) is 3.97. The molecule has 0 saturated heterocycles. The molecule has 10 rings (SSSR count). The lowest BCUT2D eigenvalue weighted by Crippen LogP contribution is -1.91. The van der Waals surface area contributed by atoms with Gasteiger partial charge in [0.1, 0.15) is 11.2 Å². The van der Waals surface area contributed by atoms with Crippen LogP contribution in [0.15, 0.2) is 174 Å². The number of benzene rings is 9. The van der Waals surface area contributed by atoms with Crippen LogP contribution in [0.3, 0.4) is 0 Å². The first kappa shape index (κ1) is 10.7. The molecule has 1 aromatic heterocycles. The molecule has 0 N–H and O–H groups in total. The number of hydrogen-bond donors (Lipinski definition) is 0. The maximum atomic E-state index is 9.55. The summed E-state index contributed by atoms with van der Waals surface area (Å²) in [6, 6.07) is -25.7. The van der Waals surface area contributed by atoms with Crippen LogP contribution in [-0.2, 0) is 0 Å². The van der Waals surface area contributed by atoms with Gasteiger partial charge in [0, 0.05) is 16.2 Å². The summed E-state index contributed by atoms with van der Waals surface area (Å²) in [5.41, 5.74) is -5.82. The fraction of sp³-hybridized carbons (Fsp3) is 0. The van der Waals surface area contributed by atoms with Crippen LogP contribution in [0.2, 0.25) is 0 Å². The van der Waals surface area contributed by atoms with Crippen LogP contribution in [0.1, 0.15) is 38.4 Å². The summed E-state index contributed by atoms with van der Waals surface area (Å²) in [4.78, 5) is 0. The summed E-state index contributed by atoms with van der Waals surface area (Å²) in [6.45, 7) is 0. The summed E-state index contributed by atoms with van der Waals surface area (Å²) < 4.78 is 258. The average Bonchev–Trinajstić information content (AvgIpc) is 3.77. The second kappa shape index (κ2) is 10.2. The Labute approximate surface area is 311 Å². The molecule has 47 heavy (non-hydrogen) atoms. The van der Waals surface area contributed by atoms with Crippen molar-refractivity contribution in [3.63, 3.8) is 0 Å². The van der Waals surface area contributed by atoms with Gasteiger partial charge < -0.3 is 4.42 Å². The smallest absolute Gasteiger partial charge is 0.143 e. The Morgan fingerprint density at radius 3 is 1.64 bits per heavy atom. The molecule has 0 radical (unpaired) electrons. The molecule has 0 aliphatic rings. The van der Waals surface area contributed by atoms with E-state index in [4.69, 9.17) is 29.1 Å². The second-order valence-corrected chi connectivity index (χ2v) is 10.3. The third-order valence-corrected chi connectivity index (χ3v) is 7.75. The molecule has 1 heterocycles. The molecule has 10 aromatic rings.